The highest BCUT2D eigenvalue weighted by molar-refractivity contribution is 6.29. The summed E-state index contributed by atoms with van der Waals surface area (Å²) in [5, 5.41) is 12.4. The van der Waals surface area contributed by atoms with Gasteiger partial charge in [-0.3, -0.25) is 10.1 Å². The number of benzene rings is 2. The molecule has 0 amide bonds. The molecule has 1 aromatic heterocycles. The summed E-state index contributed by atoms with van der Waals surface area (Å²) in [5.74, 6) is 0.736. The lowest BCUT2D eigenvalue weighted by Gasteiger charge is -2.08. The fourth-order valence-electron chi connectivity index (χ4n) is 1.99. The Bertz CT molecular complexity index is 839. The first-order chi connectivity index (χ1) is 10.1. The zero-order chi connectivity index (χ0) is 14.8. The molecular weight excluding hydrogens is 294 g/mol. The first-order valence-electron chi connectivity index (χ1n) is 5.96. The van der Waals surface area contributed by atoms with E-state index >= 15 is 0 Å². The molecule has 3 aromatic rings. The van der Waals surface area contributed by atoms with E-state index in [-0.39, 0.29) is 16.7 Å². The second-order valence-electron chi connectivity index (χ2n) is 4.17. The number of aromatic nitrogens is 2. The number of hydrogen-bond acceptors (Lipinski definition) is 5. The van der Waals surface area contributed by atoms with Crippen LogP contribution in [0.2, 0.25) is 5.15 Å². The van der Waals surface area contributed by atoms with E-state index in [0.717, 1.165) is 0 Å². The maximum absolute atomic E-state index is 11.1. The van der Waals surface area contributed by atoms with Crippen LogP contribution in [-0.2, 0) is 0 Å². The van der Waals surface area contributed by atoms with Crippen LogP contribution in [0.1, 0.15) is 0 Å². The normalized spacial score (nSPS) is 10.5. The van der Waals surface area contributed by atoms with Gasteiger partial charge in [0.25, 0.3) is 5.69 Å². The standard InChI is InChI=1S/C14H8ClN3O3/c15-13-7-14(17-8-16-13)21-12-6-5-11(18(19)20)9-3-1-2-4-10(9)12/h1-8H. The van der Waals surface area contributed by atoms with Gasteiger partial charge in [-0.1, -0.05) is 29.8 Å². The van der Waals surface area contributed by atoms with Gasteiger partial charge in [-0.25, -0.2) is 9.97 Å². The Kier molecular flexibility index (Phi) is 3.37. The molecule has 0 bridgehead atoms. The van der Waals surface area contributed by atoms with Crippen LogP contribution < -0.4 is 4.74 Å². The summed E-state index contributed by atoms with van der Waals surface area (Å²) in [4.78, 5) is 18.3. The van der Waals surface area contributed by atoms with Crippen LogP contribution in [0.25, 0.3) is 10.8 Å². The summed E-state index contributed by atoms with van der Waals surface area (Å²) in [6, 6.07) is 11.4. The average molecular weight is 302 g/mol. The van der Waals surface area contributed by atoms with Crippen LogP contribution in [0.15, 0.2) is 48.8 Å². The highest BCUT2D eigenvalue weighted by Crippen LogP contribution is 2.34. The van der Waals surface area contributed by atoms with Crippen LogP contribution in [-0.4, -0.2) is 14.9 Å². The summed E-state index contributed by atoms with van der Waals surface area (Å²) in [6.45, 7) is 0. The smallest absolute Gasteiger partial charge is 0.277 e. The Hall–Kier alpha value is -2.73. The number of halogens is 1. The zero-order valence-electron chi connectivity index (χ0n) is 10.6. The van der Waals surface area contributed by atoms with E-state index in [0.29, 0.717) is 16.5 Å². The Morgan fingerprint density at radius 2 is 1.86 bits per heavy atom. The molecule has 0 fully saturated rings. The topological polar surface area (TPSA) is 78.2 Å². The number of nitro groups is 1. The fourth-order valence-corrected chi connectivity index (χ4v) is 2.13. The summed E-state index contributed by atoms with van der Waals surface area (Å²) >= 11 is 5.78. The second kappa shape index (κ2) is 5.34. The molecule has 0 N–H and O–H groups in total. The van der Waals surface area contributed by atoms with Crippen molar-refractivity contribution in [3.63, 3.8) is 0 Å². The van der Waals surface area contributed by atoms with Crippen molar-refractivity contribution in [1.82, 2.24) is 9.97 Å². The number of hydrogen-bond donors (Lipinski definition) is 0. The molecule has 104 valence electrons. The van der Waals surface area contributed by atoms with Crippen LogP contribution >= 0.6 is 11.6 Å². The third kappa shape index (κ3) is 2.61. The minimum absolute atomic E-state index is 0.0265. The number of ether oxygens (including phenoxy) is 1. The van der Waals surface area contributed by atoms with Crippen LogP contribution in [0.4, 0.5) is 5.69 Å². The van der Waals surface area contributed by atoms with Gasteiger partial charge in [0.1, 0.15) is 17.2 Å². The molecule has 0 aliphatic rings. The second-order valence-corrected chi connectivity index (χ2v) is 4.55. The predicted octanol–water partition coefficient (Wildman–Crippen LogP) is 3.98. The largest absolute Gasteiger partial charge is 0.438 e. The van der Waals surface area contributed by atoms with E-state index in [2.05, 4.69) is 9.97 Å². The van der Waals surface area contributed by atoms with Crippen molar-refractivity contribution in [2.75, 3.05) is 0 Å². The predicted molar refractivity (Wildman–Crippen MR) is 77.7 cm³/mol. The van der Waals surface area contributed by atoms with Gasteiger partial charge in [0.05, 0.1) is 10.3 Å². The van der Waals surface area contributed by atoms with Crippen LogP contribution in [0.3, 0.4) is 0 Å². The SMILES string of the molecule is O=[N+]([O-])c1ccc(Oc2cc(Cl)ncn2)c2ccccc12. The number of non-ortho nitro benzene ring substituents is 1. The highest BCUT2D eigenvalue weighted by Gasteiger charge is 2.15. The van der Waals surface area contributed by atoms with E-state index in [9.17, 15) is 10.1 Å². The molecule has 3 rings (SSSR count). The molecule has 6 nitrogen and oxygen atoms in total. The molecule has 0 atom stereocenters. The van der Waals surface area contributed by atoms with Crippen molar-refractivity contribution in [3.8, 4) is 11.6 Å². The van der Waals surface area contributed by atoms with E-state index < -0.39 is 4.92 Å². The van der Waals surface area contributed by atoms with Crippen LogP contribution in [0, 0.1) is 10.1 Å². The van der Waals surface area contributed by atoms with Crippen molar-refractivity contribution in [2.24, 2.45) is 0 Å². The number of fused-ring (bicyclic) bond motifs is 1. The monoisotopic (exact) mass is 301 g/mol. The Labute approximate surface area is 124 Å². The first kappa shape index (κ1) is 13.3. The lowest BCUT2D eigenvalue weighted by molar-refractivity contribution is -0.383. The zero-order valence-corrected chi connectivity index (χ0v) is 11.3. The molecule has 0 aliphatic heterocycles. The van der Waals surface area contributed by atoms with Gasteiger partial charge in [0.2, 0.25) is 5.88 Å². The summed E-state index contributed by atoms with van der Waals surface area (Å²) < 4.78 is 5.65. The minimum Gasteiger partial charge on any atom is -0.438 e. The van der Waals surface area contributed by atoms with Crippen molar-refractivity contribution in [2.45, 2.75) is 0 Å². The molecule has 21 heavy (non-hydrogen) atoms. The third-order valence-corrected chi connectivity index (χ3v) is 3.09. The molecule has 2 aromatic carbocycles. The fraction of sp³-hybridized carbons (Fsp3) is 0. The quantitative estimate of drug-likeness (QED) is 0.415. The van der Waals surface area contributed by atoms with Gasteiger partial charge in [-0.2, -0.15) is 0 Å². The van der Waals surface area contributed by atoms with E-state index in [1.54, 1.807) is 24.3 Å². The maximum atomic E-state index is 11.1. The van der Waals surface area contributed by atoms with Gasteiger partial charge < -0.3 is 4.74 Å². The lowest BCUT2D eigenvalue weighted by atomic mass is 10.1. The summed E-state index contributed by atoms with van der Waals surface area (Å²) in [5.41, 5.74) is 0.0265. The maximum Gasteiger partial charge on any atom is 0.277 e. The molecule has 1 heterocycles. The Morgan fingerprint density at radius 1 is 1.10 bits per heavy atom. The van der Waals surface area contributed by atoms with Gasteiger partial charge >= 0.3 is 0 Å². The Balaban J connectivity index is 2.12. The molecule has 0 unspecified atom stereocenters. The number of nitrogens with zero attached hydrogens (tertiary/aromatic N) is 3. The molecular formula is C14H8ClN3O3. The van der Waals surface area contributed by atoms with Gasteiger partial charge in [0, 0.05) is 17.5 Å². The van der Waals surface area contributed by atoms with E-state index in [1.807, 2.05) is 0 Å². The number of nitro benzene ring substituents is 1. The van der Waals surface area contributed by atoms with Crippen molar-refractivity contribution < 1.29 is 9.66 Å². The Morgan fingerprint density at radius 3 is 2.57 bits per heavy atom. The minimum atomic E-state index is -0.423. The van der Waals surface area contributed by atoms with Gasteiger partial charge in [-0.15, -0.1) is 0 Å². The third-order valence-electron chi connectivity index (χ3n) is 2.88. The van der Waals surface area contributed by atoms with Crippen LogP contribution in [0.5, 0.6) is 11.6 Å². The van der Waals surface area contributed by atoms with E-state index in [4.69, 9.17) is 16.3 Å². The number of rotatable bonds is 3. The van der Waals surface area contributed by atoms with Gasteiger partial charge in [0.15, 0.2) is 0 Å². The first-order valence-corrected chi connectivity index (χ1v) is 6.34. The van der Waals surface area contributed by atoms with E-state index in [1.165, 1.54) is 24.5 Å². The molecule has 0 radical (unpaired) electrons. The summed E-state index contributed by atoms with van der Waals surface area (Å²) in [6.07, 6.45) is 1.28. The van der Waals surface area contributed by atoms with Crippen molar-refractivity contribution in [1.29, 1.82) is 0 Å². The highest BCUT2D eigenvalue weighted by atomic mass is 35.5. The average Bonchev–Trinajstić information content (AvgIpc) is 2.47. The van der Waals surface area contributed by atoms with Crippen molar-refractivity contribution in [3.05, 3.63) is 64.1 Å². The molecule has 0 saturated heterocycles. The molecule has 7 heteroatoms. The molecule has 0 saturated carbocycles. The molecule has 0 aliphatic carbocycles. The summed E-state index contributed by atoms with van der Waals surface area (Å²) in [7, 11) is 0. The van der Waals surface area contributed by atoms with Gasteiger partial charge in [-0.05, 0) is 12.1 Å². The van der Waals surface area contributed by atoms with Crippen molar-refractivity contribution >= 4 is 28.1 Å². The lowest BCUT2D eigenvalue weighted by Crippen LogP contribution is -1.93. The molecule has 0 spiro atoms.